The molecule has 0 amide bonds. The van der Waals surface area contributed by atoms with Crippen LogP contribution in [0.2, 0.25) is 0 Å². The predicted molar refractivity (Wildman–Crippen MR) is 98.6 cm³/mol. The molecule has 0 saturated heterocycles. The lowest BCUT2D eigenvalue weighted by Crippen LogP contribution is -1.97. The summed E-state index contributed by atoms with van der Waals surface area (Å²) in [6.45, 7) is 2.59. The highest BCUT2D eigenvalue weighted by Crippen LogP contribution is 2.34. The van der Waals surface area contributed by atoms with E-state index in [2.05, 4.69) is 19.1 Å². The largest absolute Gasteiger partial charge is 0.508 e. The summed E-state index contributed by atoms with van der Waals surface area (Å²) >= 11 is 1.56. The second-order valence-corrected chi connectivity index (χ2v) is 6.69. The summed E-state index contributed by atoms with van der Waals surface area (Å²) < 4.78 is 5.83. The summed E-state index contributed by atoms with van der Waals surface area (Å²) in [7, 11) is 0. The van der Waals surface area contributed by atoms with Gasteiger partial charge in [-0.2, -0.15) is 0 Å². The molecule has 0 spiro atoms. The Bertz CT molecular complexity index is 831. The number of hydrogen-bond donors (Lipinski definition) is 2. The summed E-state index contributed by atoms with van der Waals surface area (Å²) in [4.78, 5) is 1.98. The standard InChI is InChI=1S/C20H19NO2S/c1-14-3-2-4-15(11-14)13-23-17-7-10-20(19(21)12-17)24-18-8-5-16(22)6-9-18/h2-12,22H,13,21H2,1H3. The van der Waals surface area contributed by atoms with E-state index in [0.29, 0.717) is 12.3 Å². The predicted octanol–water partition coefficient (Wildman–Crippen LogP) is 5.01. The van der Waals surface area contributed by atoms with Crippen molar-refractivity contribution >= 4 is 17.4 Å². The third-order valence-corrected chi connectivity index (χ3v) is 4.63. The zero-order chi connectivity index (χ0) is 16.9. The molecular weight excluding hydrogens is 318 g/mol. The number of benzene rings is 3. The lowest BCUT2D eigenvalue weighted by molar-refractivity contribution is 0.306. The Morgan fingerprint density at radius 1 is 1.00 bits per heavy atom. The van der Waals surface area contributed by atoms with Crippen molar-refractivity contribution in [2.75, 3.05) is 5.73 Å². The van der Waals surface area contributed by atoms with Crippen LogP contribution in [0.25, 0.3) is 0 Å². The summed E-state index contributed by atoms with van der Waals surface area (Å²) in [5.41, 5.74) is 9.17. The van der Waals surface area contributed by atoms with Crippen molar-refractivity contribution in [1.82, 2.24) is 0 Å². The maximum Gasteiger partial charge on any atom is 0.121 e. The van der Waals surface area contributed by atoms with E-state index < -0.39 is 0 Å². The summed E-state index contributed by atoms with van der Waals surface area (Å²) in [6.07, 6.45) is 0. The normalized spacial score (nSPS) is 10.5. The number of phenols is 1. The van der Waals surface area contributed by atoms with Gasteiger partial charge < -0.3 is 15.6 Å². The minimum absolute atomic E-state index is 0.257. The van der Waals surface area contributed by atoms with Gasteiger partial charge in [-0.25, -0.2) is 0 Å². The second-order valence-electron chi connectivity index (χ2n) is 5.57. The van der Waals surface area contributed by atoms with E-state index in [0.717, 1.165) is 21.1 Å². The van der Waals surface area contributed by atoms with Gasteiger partial charge in [0, 0.05) is 21.5 Å². The van der Waals surface area contributed by atoms with E-state index in [1.807, 2.05) is 42.5 Å². The van der Waals surface area contributed by atoms with E-state index >= 15 is 0 Å². The number of anilines is 1. The monoisotopic (exact) mass is 337 g/mol. The number of rotatable bonds is 5. The fourth-order valence-electron chi connectivity index (χ4n) is 2.32. The number of phenolic OH excluding ortho intramolecular Hbond substituents is 1. The van der Waals surface area contributed by atoms with E-state index in [-0.39, 0.29) is 5.75 Å². The molecule has 0 aliphatic carbocycles. The molecule has 0 saturated carbocycles. The first-order valence-electron chi connectivity index (χ1n) is 7.65. The minimum atomic E-state index is 0.257. The van der Waals surface area contributed by atoms with Crippen molar-refractivity contribution in [3.05, 3.63) is 77.9 Å². The van der Waals surface area contributed by atoms with Crippen LogP contribution in [-0.2, 0) is 6.61 Å². The first-order chi connectivity index (χ1) is 11.6. The Morgan fingerprint density at radius 2 is 1.79 bits per heavy atom. The third-order valence-electron chi connectivity index (χ3n) is 3.53. The SMILES string of the molecule is Cc1cccc(COc2ccc(Sc3ccc(O)cc3)c(N)c2)c1. The van der Waals surface area contributed by atoms with Crippen LogP contribution in [0.15, 0.2) is 76.5 Å². The van der Waals surface area contributed by atoms with E-state index in [9.17, 15) is 5.11 Å². The van der Waals surface area contributed by atoms with Gasteiger partial charge >= 0.3 is 0 Å². The Kier molecular flexibility index (Phi) is 4.96. The molecule has 0 aromatic heterocycles. The maximum absolute atomic E-state index is 9.33. The molecule has 3 N–H and O–H groups in total. The van der Waals surface area contributed by atoms with Crippen LogP contribution in [-0.4, -0.2) is 5.11 Å². The number of nitrogen functional groups attached to an aromatic ring is 1. The van der Waals surface area contributed by atoms with Gasteiger partial charge in [-0.1, -0.05) is 41.6 Å². The fraction of sp³-hybridized carbons (Fsp3) is 0.100. The molecule has 3 aromatic carbocycles. The minimum Gasteiger partial charge on any atom is -0.508 e. The summed E-state index contributed by atoms with van der Waals surface area (Å²) in [6, 6.07) is 21.0. The van der Waals surface area contributed by atoms with E-state index in [1.165, 1.54) is 5.56 Å². The smallest absolute Gasteiger partial charge is 0.121 e. The highest BCUT2D eigenvalue weighted by Gasteiger charge is 2.05. The quantitative estimate of drug-likeness (QED) is 0.642. The van der Waals surface area contributed by atoms with Crippen molar-refractivity contribution in [2.24, 2.45) is 0 Å². The Morgan fingerprint density at radius 3 is 2.50 bits per heavy atom. The zero-order valence-corrected chi connectivity index (χ0v) is 14.2. The molecule has 0 radical (unpaired) electrons. The molecular formula is C20H19NO2S. The van der Waals surface area contributed by atoms with Crippen molar-refractivity contribution in [1.29, 1.82) is 0 Å². The Hall–Kier alpha value is -2.59. The van der Waals surface area contributed by atoms with Crippen LogP contribution in [0.5, 0.6) is 11.5 Å². The van der Waals surface area contributed by atoms with Crippen LogP contribution < -0.4 is 10.5 Å². The molecule has 3 nitrogen and oxygen atoms in total. The van der Waals surface area contributed by atoms with Gasteiger partial charge in [0.2, 0.25) is 0 Å². The topological polar surface area (TPSA) is 55.5 Å². The van der Waals surface area contributed by atoms with Crippen molar-refractivity contribution in [3.63, 3.8) is 0 Å². The number of aromatic hydroxyl groups is 1. The third kappa shape index (κ3) is 4.24. The molecule has 3 aromatic rings. The molecule has 0 bridgehead atoms. The van der Waals surface area contributed by atoms with Crippen LogP contribution in [0.1, 0.15) is 11.1 Å². The molecule has 0 fully saturated rings. The summed E-state index contributed by atoms with van der Waals surface area (Å²) in [5, 5.41) is 9.33. The number of hydrogen-bond acceptors (Lipinski definition) is 4. The van der Waals surface area contributed by atoms with Crippen LogP contribution in [0.3, 0.4) is 0 Å². The molecule has 0 atom stereocenters. The van der Waals surface area contributed by atoms with Crippen LogP contribution in [0, 0.1) is 6.92 Å². The van der Waals surface area contributed by atoms with Crippen molar-refractivity contribution < 1.29 is 9.84 Å². The molecule has 0 aliphatic heterocycles. The van der Waals surface area contributed by atoms with E-state index in [1.54, 1.807) is 23.9 Å². The summed E-state index contributed by atoms with van der Waals surface area (Å²) in [5.74, 6) is 1.01. The molecule has 3 rings (SSSR count). The van der Waals surface area contributed by atoms with Crippen LogP contribution in [0.4, 0.5) is 5.69 Å². The number of nitrogens with two attached hydrogens (primary N) is 1. The Balaban J connectivity index is 1.67. The first-order valence-corrected chi connectivity index (χ1v) is 8.46. The first kappa shape index (κ1) is 16.3. The molecule has 122 valence electrons. The highest BCUT2D eigenvalue weighted by molar-refractivity contribution is 7.99. The highest BCUT2D eigenvalue weighted by atomic mass is 32.2. The average Bonchev–Trinajstić information content (AvgIpc) is 2.57. The van der Waals surface area contributed by atoms with Gasteiger partial charge in [-0.05, 0) is 48.9 Å². The lowest BCUT2D eigenvalue weighted by atomic mass is 10.1. The lowest BCUT2D eigenvalue weighted by Gasteiger charge is -2.10. The molecule has 24 heavy (non-hydrogen) atoms. The van der Waals surface area contributed by atoms with Gasteiger partial charge in [0.15, 0.2) is 0 Å². The molecule has 0 aliphatic rings. The maximum atomic E-state index is 9.33. The zero-order valence-electron chi connectivity index (χ0n) is 13.4. The van der Waals surface area contributed by atoms with E-state index in [4.69, 9.17) is 10.5 Å². The van der Waals surface area contributed by atoms with Crippen molar-refractivity contribution in [3.8, 4) is 11.5 Å². The van der Waals surface area contributed by atoms with Gasteiger partial charge in [-0.15, -0.1) is 0 Å². The average molecular weight is 337 g/mol. The van der Waals surface area contributed by atoms with Gasteiger partial charge in [0.05, 0.1) is 0 Å². The second kappa shape index (κ2) is 7.32. The van der Waals surface area contributed by atoms with Gasteiger partial charge in [-0.3, -0.25) is 0 Å². The molecule has 0 unspecified atom stereocenters. The Labute approximate surface area is 146 Å². The molecule has 0 heterocycles. The number of aryl methyl sites for hydroxylation is 1. The number of ether oxygens (including phenoxy) is 1. The van der Waals surface area contributed by atoms with Gasteiger partial charge in [0.1, 0.15) is 18.1 Å². The van der Waals surface area contributed by atoms with Crippen molar-refractivity contribution in [2.45, 2.75) is 23.3 Å². The molecule has 4 heteroatoms. The fourth-order valence-corrected chi connectivity index (χ4v) is 3.16. The van der Waals surface area contributed by atoms with Gasteiger partial charge in [0.25, 0.3) is 0 Å². The van der Waals surface area contributed by atoms with Crippen LogP contribution >= 0.6 is 11.8 Å².